The van der Waals surface area contributed by atoms with E-state index in [4.69, 9.17) is 9.47 Å². The molecule has 14 nitrogen and oxygen atoms in total. The van der Waals surface area contributed by atoms with Crippen molar-refractivity contribution in [3.05, 3.63) is 53.6 Å². The summed E-state index contributed by atoms with van der Waals surface area (Å²) < 4.78 is 38.8. The maximum Gasteiger partial charge on any atom is 0.410 e. The maximum absolute atomic E-state index is 14.2. The van der Waals surface area contributed by atoms with Crippen LogP contribution in [0.15, 0.2) is 36.9 Å². The number of carbonyl (C=O) groups excluding carboxylic acids is 5. The first-order valence-corrected chi connectivity index (χ1v) is 20.0. The molecule has 0 aromatic heterocycles. The van der Waals surface area contributed by atoms with Crippen LogP contribution in [0, 0.1) is 5.92 Å². The monoisotopic (exact) mass is 739 g/mol. The predicted molar refractivity (Wildman–Crippen MR) is 191 cm³/mol. The molecule has 2 saturated carbocycles. The lowest BCUT2D eigenvalue weighted by molar-refractivity contribution is -0.141. The Morgan fingerprint density at radius 1 is 1.13 bits per heavy atom. The van der Waals surface area contributed by atoms with Gasteiger partial charge in [-0.15, -0.1) is 6.58 Å². The Hall–Kier alpha value is -4.40. The van der Waals surface area contributed by atoms with Crippen LogP contribution in [-0.2, 0) is 47.0 Å². The van der Waals surface area contributed by atoms with Crippen molar-refractivity contribution < 1.29 is 41.9 Å². The standard InChI is InChI=1S/C37H49N5O9S/c1-3-5-15-30-33(44)42-22-27(19-31(42)32(43)39-37(20-26(37)4-2)34(45)40-52(48,49)28-16-17-28)51-36(47)41-21-25-14-11-13-24(29(25)23-41)12-9-7-6-8-10-18-50-35(46)38-30/h4,9,11-14,26-28,30-31H,2-3,5-8,10,15-23H2,1H3,(H,38,46)(H,39,43)(H,40,45)/b12-9+/t26-,27-,30+,31+,37-/m1/s1. The second-order valence-electron chi connectivity index (χ2n) is 14.5. The summed E-state index contributed by atoms with van der Waals surface area (Å²) in [4.78, 5) is 71.1. The first-order valence-electron chi connectivity index (χ1n) is 18.4. The number of nitrogens with zero attached hydrogens (tertiary/aromatic N) is 2. The second-order valence-corrected chi connectivity index (χ2v) is 16.5. The highest BCUT2D eigenvalue weighted by Crippen LogP contribution is 2.45. The molecule has 1 aromatic rings. The lowest BCUT2D eigenvalue weighted by Gasteiger charge is -2.29. The Bertz CT molecular complexity index is 1730. The van der Waals surface area contributed by atoms with Crippen LogP contribution in [0.5, 0.6) is 0 Å². The second kappa shape index (κ2) is 15.7. The van der Waals surface area contributed by atoms with E-state index in [9.17, 15) is 32.4 Å². The van der Waals surface area contributed by atoms with Crippen LogP contribution in [0.25, 0.3) is 6.08 Å². The van der Waals surface area contributed by atoms with Crippen molar-refractivity contribution in [3.63, 3.8) is 0 Å². The van der Waals surface area contributed by atoms with Crippen LogP contribution in [0.4, 0.5) is 9.59 Å². The van der Waals surface area contributed by atoms with Crippen LogP contribution in [0.3, 0.4) is 0 Å². The molecule has 3 heterocycles. The van der Waals surface area contributed by atoms with Crippen molar-refractivity contribution in [1.29, 1.82) is 0 Å². The molecule has 52 heavy (non-hydrogen) atoms. The van der Waals surface area contributed by atoms with E-state index in [2.05, 4.69) is 34.1 Å². The zero-order chi connectivity index (χ0) is 37.0. The van der Waals surface area contributed by atoms with Gasteiger partial charge in [0.05, 0.1) is 24.9 Å². The molecule has 6 rings (SSSR count). The van der Waals surface area contributed by atoms with Gasteiger partial charge in [0.2, 0.25) is 21.8 Å². The molecule has 282 valence electrons. The first kappa shape index (κ1) is 37.4. The van der Waals surface area contributed by atoms with Gasteiger partial charge in [0, 0.05) is 18.9 Å². The lowest BCUT2D eigenvalue weighted by Crippen LogP contribution is -2.58. The maximum atomic E-state index is 14.2. The molecule has 0 spiro atoms. The Balaban J connectivity index is 1.25. The van der Waals surface area contributed by atoms with Gasteiger partial charge in [-0.05, 0) is 68.1 Å². The third kappa shape index (κ3) is 8.29. The molecule has 0 radical (unpaired) electrons. The van der Waals surface area contributed by atoms with E-state index in [1.807, 2.05) is 25.1 Å². The topological polar surface area (TPSA) is 181 Å². The van der Waals surface area contributed by atoms with Gasteiger partial charge < -0.3 is 25.0 Å². The van der Waals surface area contributed by atoms with E-state index in [-0.39, 0.29) is 32.4 Å². The van der Waals surface area contributed by atoms with Crippen LogP contribution in [-0.4, -0.2) is 90.3 Å². The zero-order valence-electron chi connectivity index (χ0n) is 29.6. The summed E-state index contributed by atoms with van der Waals surface area (Å²) in [5.41, 5.74) is 1.51. The summed E-state index contributed by atoms with van der Waals surface area (Å²) in [6.07, 6.45) is 9.28. The Kier molecular flexibility index (Phi) is 11.3. The summed E-state index contributed by atoms with van der Waals surface area (Å²) in [6.45, 7) is 6.46. The minimum absolute atomic E-state index is 0.0696. The molecule has 3 N–H and O–H groups in total. The van der Waals surface area contributed by atoms with Crippen LogP contribution >= 0.6 is 0 Å². The molecule has 15 heteroatoms. The van der Waals surface area contributed by atoms with E-state index >= 15 is 0 Å². The molecule has 5 amide bonds. The molecule has 5 aliphatic rings. The fourth-order valence-corrected chi connectivity index (χ4v) is 8.67. The van der Waals surface area contributed by atoms with Gasteiger partial charge in [-0.25, -0.2) is 18.0 Å². The van der Waals surface area contributed by atoms with Crippen molar-refractivity contribution in [1.82, 2.24) is 25.2 Å². The summed E-state index contributed by atoms with van der Waals surface area (Å²) in [5.74, 6) is -2.64. The van der Waals surface area contributed by atoms with Crippen LogP contribution in [0.2, 0.25) is 0 Å². The smallest absolute Gasteiger partial charge is 0.410 e. The molecular weight excluding hydrogens is 691 g/mol. The predicted octanol–water partition coefficient (Wildman–Crippen LogP) is 3.65. The van der Waals surface area contributed by atoms with Gasteiger partial charge in [-0.1, -0.05) is 56.2 Å². The Morgan fingerprint density at radius 3 is 2.67 bits per heavy atom. The molecule has 2 aliphatic carbocycles. The van der Waals surface area contributed by atoms with Gasteiger partial charge in [0.25, 0.3) is 5.91 Å². The van der Waals surface area contributed by atoms with E-state index in [0.717, 1.165) is 42.4 Å². The first-order chi connectivity index (χ1) is 25.0. The number of rotatable bonds is 9. The Labute approximate surface area is 304 Å². The number of allylic oxidation sites excluding steroid dienone is 1. The van der Waals surface area contributed by atoms with Crippen molar-refractivity contribution >= 4 is 46.0 Å². The fourth-order valence-electron chi connectivity index (χ4n) is 7.31. The van der Waals surface area contributed by atoms with Gasteiger partial charge in [-0.3, -0.25) is 24.0 Å². The molecule has 0 unspecified atom stereocenters. The number of benzene rings is 1. The average molecular weight is 740 g/mol. The van der Waals surface area contributed by atoms with E-state index in [1.54, 1.807) is 4.90 Å². The third-order valence-electron chi connectivity index (χ3n) is 10.6. The summed E-state index contributed by atoms with van der Waals surface area (Å²) in [5, 5.41) is 4.79. The van der Waals surface area contributed by atoms with E-state index in [1.165, 1.54) is 11.0 Å². The largest absolute Gasteiger partial charge is 0.450 e. The number of nitrogens with one attached hydrogen (secondary N) is 3. The van der Waals surface area contributed by atoms with Crippen molar-refractivity contribution in [2.24, 2.45) is 5.92 Å². The average Bonchev–Trinajstić information content (AvgIpc) is 4.01. The van der Waals surface area contributed by atoms with E-state index < -0.39 is 74.8 Å². The van der Waals surface area contributed by atoms with Gasteiger partial charge in [0.1, 0.15) is 23.7 Å². The van der Waals surface area contributed by atoms with Gasteiger partial charge >= 0.3 is 12.2 Å². The molecule has 3 aliphatic heterocycles. The number of cyclic esters (lactones) is 1. The Morgan fingerprint density at radius 2 is 1.94 bits per heavy atom. The number of amides is 5. The number of hydrogen-bond donors (Lipinski definition) is 3. The number of carbonyl (C=O) groups is 5. The number of ether oxygens (including phenoxy) is 2. The number of fused-ring (bicyclic) bond motifs is 3. The van der Waals surface area contributed by atoms with Gasteiger partial charge in [-0.2, -0.15) is 0 Å². The molecule has 5 atom stereocenters. The van der Waals surface area contributed by atoms with Crippen molar-refractivity contribution in [2.75, 3.05) is 13.2 Å². The normalized spacial score (nSPS) is 28.8. The quantitative estimate of drug-likeness (QED) is 0.319. The zero-order valence-corrected chi connectivity index (χ0v) is 30.5. The van der Waals surface area contributed by atoms with Crippen LogP contribution < -0.4 is 15.4 Å². The fraction of sp³-hybridized carbons (Fsp3) is 0.595. The summed E-state index contributed by atoms with van der Waals surface area (Å²) in [6, 6.07) is 3.74. The molecule has 3 fully saturated rings. The molecular formula is C37H49N5O9S. The van der Waals surface area contributed by atoms with E-state index in [0.29, 0.717) is 38.8 Å². The number of sulfonamides is 1. The number of unbranched alkanes of at least 4 members (excludes halogenated alkanes) is 1. The number of hydrogen-bond acceptors (Lipinski definition) is 9. The van der Waals surface area contributed by atoms with Crippen molar-refractivity contribution in [3.8, 4) is 0 Å². The SMILES string of the molecule is C=C[C@@H]1C[C@]1(NC(=O)[C@@H]1C[C@@H]2CN1C(=O)[C@H](CCCC)NC(=O)OCCCCC/C=C/c1cccc3c1CN(C3)C(=O)O2)C(=O)NS(=O)(=O)C1CC1. The summed E-state index contributed by atoms with van der Waals surface area (Å²) in [7, 11) is -3.90. The molecule has 4 bridgehead atoms. The highest BCUT2D eigenvalue weighted by molar-refractivity contribution is 7.91. The van der Waals surface area contributed by atoms with Gasteiger partial charge in [0.15, 0.2) is 0 Å². The number of alkyl carbamates (subject to hydrolysis) is 1. The summed E-state index contributed by atoms with van der Waals surface area (Å²) >= 11 is 0. The molecule has 1 aromatic carbocycles. The highest BCUT2D eigenvalue weighted by atomic mass is 32.2. The third-order valence-corrected chi connectivity index (χ3v) is 12.4. The minimum atomic E-state index is -3.90. The lowest BCUT2D eigenvalue weighted by atomic mass is 10.0. The van der Waals surface area contributed by atoms with Crippen LogP contribution in [0.1, 0.15) is 94.2 Å². The highest BCUT2D eigenvalue weighted by Gasteiger charge is 2.62. The van der Waals surface area contributed by atoms with Crippen molar-refractivity contribution in [2.45, 2.75) is 120 Å². The molecule has 1 saturated heterocycles. The minimum Gasteiger partial charge on any atom is -0.450 e.